The van der Waals surface area contributed by atoms with Crippen LogP contribution < -0.4 is 0 Å². The second-order valence-electron chi connectivity index (χ2n) is 10.4. The molecular formula is C28H58NO2+. The van der Waals surface area contributed by atoms with Crippen molar-refractivity contribution in [3.05, 3.63) is 0 Å². The highest BCUT2D eigenvalue weighted by atomic mass is 16.5. The number of hydrogen-bond acceptors (Lipinski definition) is 2. The van der Waals surface area contributed by atoms with Crippen LogP contribution >= 0.6 is 0 Å². The summed E-state index contributed by atoms with van der Waals surface area (Å²) in [5, 5.41) is 0. The minimum absolute atomic E-state index is 0.0208. The molecule has 0 saturated heterocycles. The minimum atomic E-state index is 0.0208. The Bertz CT molecular complexity index is 394. The zero-order valence-corrected chi connectivity index (χ0v) is 22.2. The predicted molar refractivity (Wildman–Crippen MR) is 136 cm³/mol. The third-order valence-corrected chi connectivity index (χ3v) is 6.79. The van der Waals surface area contributed by atoms with Crippen LogP contribution in [-0.4, -0.2) is 44.2 Å². The fraction of sp³-hybridized carbons (Fsp3) is 0.964. The SMILES string of the molecule is CCCCCCCCCCCCCCCC[N+](C)(C)CCOC(=O)C(CC)CCCC. The number of rotatable bonds is 23. The highest BCUT2D eigenvalue weighted by Crippen LogP contribution is 2.15. The van der Waals surface area contributed by atoms with Crippen LogP contribution in [0.25, 0.3) is 0 Å². The Hall–Kier alpha value is -0.570. The summed E-state index contributed by atoms with van der Waals surface area (Å²) in [4.78, 5) is 12.2. The molecule has 1 atom stereocenters. The highest BCUT2D eigenvalue weighted by Gasteiger charge is 2.20. The summed E-state index contributed by atoms with van der Waals surface area (Å²) in [6, 6.07) is 0. The molecule has 0 aliphatic rings. The lowest BCUT2D eigenvalue weighted by atomic mass is 10.00. The Morgan fingerprint density at radius 2 is 1.10 bits per heavy atom. The summed E-state index contributed by atoms with van der Waals surface area (Å²) < 4.78 is 6.55. The molecule has 0 aromatic rings. The molecule has 0 aromatic heterocycles. The number of likely N-dealkylation sites (N-methyl/N-ethyl adjacent to an activating group) is 1. The number of nitrogens with zero attached hydrogens (tertiary/aromatic N) is 1. The fourth-order valence-electron chi connectivity index (χ4n) is 4.30. The van der Waals surface area contributed by atoms with Gasteiger partial charge in [0.25, 0.3) is 0 Å². The molecule has 0 heterocycles. The molecule has 0 bridgehead atoms. The molecule has 0 spiro atoms. The average molecular weight is 441 g/mol. The van der Waals surface area contributed by atoms with Gasteiger partial charge in [0.15, 0.2) is 0 Å². The van der Waals surface area contributed by atoms with Crippen molar-refractivity contribution in [2.24, 2.45) is 5.92 Å². The molecular weight excluding hydrogens is 382 g/mol. The van der Waals surface area contributed by atoms with Crippen LogP contribution in [0.2, 0.25) is 0 Å². The first-order chi connectivity index (χ1) is 15.0. The molecule has 0 saturated carbocycles. The maximum absolute atomic E-state index is 12.2. The van der Waals surface area contributed by atoms with Crippen LogP contribution in [0.4, 0.5) is 0 Å². The second-order valence-corrected chi connectivity index (χ2v) is 10.4. The zero-order chi connectivity index (χ0) is 23.2. The molecule has 3 heteroatoms. The van der Waals surface area contributed by atoms with Crippen molar-refractivity contribution >= 4 is 5.97 Å². The van der Waals surface area contributed by atoms with Crippen LogP contribution in [0.1, 0.15) is 136 Å². The molecule has 186 valence electrons. The first kappa shape index (κ1) is 30.4. The number of ether oxygens (including phenoxy) is 1. The summed E-state index contributed by atoms with van der Waals surface area (Å²) in [6.45, 7) is 9.23. The largest absolute Gasteiger partial charge is 0.459 e. The predicted octanol–water partition coefficient (Wildman–Crippen LogP) is 8.30. The van der Waals surface area contributed by atoms with E-state index in [0.29, 0.717) is 6.61 Å². The first-order valence-corrected chi connectivity index (χ1v) is 14.0. The molecule has 0 amide bonds. The lowest BCUT2D eigenvalue weighted by Crippen LogP contribution is -2.43. The Kier molecular flexibility index (Phi) is 20.9. The van der Waals surface area contributed by atoms with Crippen molar-refractivity contribution in [1.82, 2.24) is 0 Å². The molecule has 0 aromatic carbocycles. The highest BCUT2D eigenvalue weighted by molar-refractivity contribution is 5.72. The van der Waals surface area contributed by atoms with Crippen molar-refractivity contribution in [2.75, 3.05) is 33.8 Å². The van der Waals surface area contributed by atoms with Crippen LogP contribution in [0.15, 0.2) is 0 Å². The lowest BCUT2D eigenvalue weighted by Gasteiger charge is -2.29. The van der Waals surface area contributed by atoms with Gasteiger partial charge in [-0.05, 0) is 25.7 Å². The quantitative estimate of drug-likeness (QED) is 0.0907. The number of carbonyl (C=O) groups is 1. The van der Waals surface area contributed by atoms with E-state index in [-0.39, 0.29) is 11.9 Å². The summed E-state index contributed by atoms with van der Waals surface area (Å²) in [7, 11) is 4.54. The third kappa shape index (κ3) is 19.8. The van der Waals surface area contributed by atoms with E-state index in [4.69, 9.17) is 4.74 Å². The smallest absolute Gasteiger partial charge is 0.309 e. The van der Waals surface area contributed by atoms with Gasteiger partial charge in [-0.25, -0.2) is 0 Å². The van der Waals surface area contributed by atoms with Gasteiger partial charge >= 0.3 is 5.97 Å². The van der Waals surface area contributed by atoms with Crippen molar-refractivity contribution in [2.45, 2.75) is 136 Å². The zero-order valence-electron chi connectivity index (χ0n) is 22.2. The van der Waals surface area contributed by atoms with E-state index in [1.165, 1.54) is 96.4 Å². The van der Waals surface area contributed by atoms with Crippen LogP contribution in [0.5, 0.6) is 0 Å². The van der Waals surface area contributed by atoms with Gasteiger partial charge in [-0.3, -0.25) is 4.79 Å². The van der Waals surface area contributed by atoms with E-state index in [1.807, 2.05) is 0 Å². The van der Waals surface area contributed by atoms with E-state index in [1.54, 1.807) is 0 Å². The number of esters is 1. The summed E-state index contributed by atoms with van der Waals surface area (Å²) in [6.07, 6.45) is 23.8. The Labute approximate surface area is 196 Å². The maximum atomic E-state index is 12.2. The van der Waals surface area contributed by atoms with Crippen LogP contribution in [-0.2, 0) is 9.53 Å². The number of hydrogen-bond donors (Lipinski definition) is 0. The van der Waals surface area contributed by atoms with E-state index in [9.17, 15) is 4.79 Å². The monoisotopic (exact) mass is 440 g/mol. The lowest BCUT2D eigenvalue weighted by molar-refractivity contribution is -0.890. The molecule has 0 fully saturated rings. The van der Waals surface area contributed by atoms with Gasteiger partial charge in [0.1, 0.15) is 13.2 Å². The van der Waals surface area contributed by atoms with Gasteiger partial charge in [0.2, 0.25) is 0 Å². The number of carbonyl (C=O) groups excluding carboxylic acids is 1. The normalized spacial score (nSPS) is 12.8. The summed E-state index contributed by atoms with van der Waals surface area (Å²) in [5.41, 5.74) is 0. The Morgan fingerprint density at radius 3 is 1.55 bits per heavy atom. The Morgan fingerprint density at radius 1 is 0.645 bits per heavy atom. The minimum Gasteiger partial charge on any atom is -0.459 e. The molecule has 3 nitrogen and oxygen atoms in total. The first-order valence-electron chi connectivity index (χ1n) is 14.0. The van der Waals surface area contributed by atoms with Crippen molar-refractivity contribution in [1.29, 1.82) is 0 Å². The summed E-state index contributed by atoms with van der Waals surface area (Å²) >= 11 is 0. The molecule has 0 radical (unpaired) electrons. The fourth-order valence-corrected chi connectivity index (χ4v) is 4.30. The molecule has 0 rings (SSSR count). The van der Waals surface area contributed by atoms with Crippen molar-refractivity contribution < 1.29 is 14.0 Å². The second kappa shape index (κ2) is 21.3. The number of unbranched alkanes of at least 4 members (excludes halogenated alkanes) is 14. The van der Waals surface area contributed by atoms with Gasteiger partial charge in [-0.2, -0.15) is 0 Å². The van der Waals surface area contributed by atoms with Crippen molar-refractivity contribution in [3.8, 4) is 0 Å². The molecule has 0 N–H and O–H groups in total. The van der Waals surface area contributed by atoms with Crippen molar-refractivity contribution in [3.63, 3.8) is 0 Å². The molecule has 0 aliphatic carbocycles. The van der Waals surface area contributed by atoms with Gasteiger partial charge in [0.05, 0.1) is 26.6 Å². The van der Waals surface area contributed by atoms with E-state index in [2.05, 4.69) is 34.9 Å². The molecule has 1 unspecified atom stereocenters. The third-order valence-electron chi connectivity index (χ3n) is 6.79. The standard InChI is InChI=1S/C28H58NO2/c1-6-9-11-12-13-14-15-16-17-18-19-20-21-22-24-29(4,5)25-26-31-28(30)27(8-3)23-10-7-2/h27H,6-26H2,1-5H3/q+1. The maximum Gasteiger partial charge on any atom is 0.309 e. The van der Waals surface area contributed by atoms with E-state index >= 15 is 0 Å². The van der Waals surface area contributed by atoms with E-state index < -0.39 is 0 Å². The number of quaternary nitrogens is 1. The molecule has 31 heavy (non-hydrogen) atoms. The Balaban J connectivity index is 3.56. The molecule has 0 aliphatic heterocycles. The summed E-state index contributed by atoms with van der Waals surface area (Å²) in [5.74, 6) is 0.119. The van der Waals surface area contributed by atoms with Gasteiger partial charge in [-0.1, -0.05) is 111 Å². The van der Waals surface area contributed by atoms with Gasteiger partial charge in [-0.15, -0.1) is 0 Å². The van der Waals surface area contributed by atoms with Gasteiger partial charge in [0, 0.05) is 0 Å². The van der Waals surface area contributed by atoms with Crippen LogP contribution in [0, 0.1) is 5.92 Å². The topological polar surface area (TPSA) is 26.3 Å². The van der Waals surface area contributed by atoms with E-state index in [0.717, 1.165) is 36.7 Å². The van der Waals surface area contributed by atoms with Gasteiger partial charge < -0.3 is 9.22 Å². The van der Waals surface area contributed by atoms with Crippen LogP contribution in [0.3, 0.4) is 0 Å². The average Bonchev–Trinajstić information content (AvgIpc) is 2.74.